The number of amides is 1. The third kappa shape index (κ3) is 5.00. The van der Waals surface area contributed by atoms with Crippen LogP contribution in [0, 0.1) is 12.7 Å². The van der Waals surface area contributed by atoms with Crippen molar-refractivity contribution in [3.63, 3.8) is 0 Å². The molecule has 2 N–H and O–H groups in total. The first-order chi connectivity index (χ1) is 8.70. The second-order valence-electron chi connectivity index (χ2n) is 5.73. The fourth-order valence-corrected chi connectivity index (χ4v) is 2.22. The summed E-state index contributed by atoms with van der Waals surface area (Å²) < 4.78 is 18.1. The van der Waals surface area contributed by atoms with Gasteiger partial charge in [-0.25, -0.2) is 20.0 Å². The van der Waals surface area contributed by atoms with E-state index >= 15 is 0 Å². The normalized spacial score (nSPS) is 11.3. The van der Waals surface area contributed by atoms with Gasteiger partial charge in [0, 0.05) is 8.07 Å². The summed E-state index contributed by atoms with van der Waals surface area (Å²) in [6.45, 7) is 8.65. The van der Waals surface area contributed by atoms with Gasteiger partial charge >= 0.3 is 6.09 Å². The Kier molecular flexibility index (Phi) is 5.08. The number of nitrogens with zero attached hydrogens (tertiary/aromatic N) is 1. The Hall–Kier alpha value is -1.40. The van der Waals surface area contributed by atoms with Crippen LogP contribution in [0.3, 0.4) is 0 Å². The molecule has 0 aliphatic carbocycles. The number of hydrogen-bond donors (Lipinski definition) is 1. The molecule has 0 fully saturated rings. The van der Waals surface area contributed by atoms with Crippen LogP contribution in [0.4, 0.5) is 14.9 Å². The number of carbonyl (C=O) groups excluding carboxylic acids is 1. The van der Waals surface area contributed by atoms with E-state index in [0.29, 0.717) is 17.9 Å². The molecule has 0 saturated heterocycles. The summed E-state index contributed by atoms with van der Waals surface area (Å²) in [4.78, 5) is 11.8. The van der Waals surface area contributed by atoms with E-state index in [4.69, 9.17) is 10.6 Å². The summed E-state index contributed by atoms with van der Waals surface area (Å²) in [6, 6.07) is 4.93. The molecule has 0 saturated carbocycles. The number of nitrogens with two attached hydrogens (primary N) is 1. The van der Waals surface area contributed by atoms with Gasteiger partial charge in [0.05, 0.1) is 12.3 Å². The first-order valence-corrected chi connectivity index (χ1v) is 9.89. The monoisotopic (exact) mass is 284 g/mol. The Morgan fingerprint density at radius 1 is 1.42 bits per heavy atom. The molecular weight excluding hydrogens is 263 g/mol. The molecule has 1 rings (SSSR count). The molecule has 6 heteroatoms. The topological polar surface area (TPSA) is 55.6 Å². The molecule has 0 aliphatic heterocycles. The molecule has 1 aromatic rings. The van der Waals surface area contributed by atoms with Crippen molar-refractivity contribution in [2.24, 2.45) is 5.84 Å². The van der Waals surface area contributed by atoms with Crippen LogP contribution in [-0.4, -0.2) is 20.8 Å². The largest absolute Gasteiger partial charge is 0.449 e. The van der Waals surface area contributed by atoms with E-state index in [1.165, 1.54) is 18.2 Å². The molecule has 0 heterocycles. The number of rotatable bonds is 4. The summed E-state index contributed by atoms with van der Waals surface area (Å²) in [6.07, 6.45) is -0.618. The van der Waals surface area contributed by atoms with E-state index in [1.807, 2.05) is 0 Å². The lowest BCUT2D eigenvalue weighted by Gasteiger charge is -2.20. The van der Waals surface area contributed by atoms with Gasteiger partial charge in [0.2, 0.25) is 0 Å². The van der Waals surface area contributed by atoms with Crippen LogP contribution in [-0.2, 0) is 4.74 Å². The Morgan fingerprint density at radius 2 is 2.05 bits per heavy atom. The number of ether oxygens (including phenoxy) is 1. The van der Waals surface area contributed by atoms with Crippen LogP contribution in [0.25, 0.3) is 0 Å². The SMILES string of the molecule is Cc1cc(F)ccc1N(N)C(=O)OCC[Si](C)(C)C. The standard InChI is InChI=1S/C13H21FN2O2Si/c1-10-9-11(14)5-6-12(10)16(15)13(17)18-7-8-19(2,3)4/h5-6,9H,7-8,15H2,1-4H3. The fraction of sp³-hybridized carbons (Fsp3) is 0.462. The van der Waals surface area contributed by atoms with Crippen molar-refractivity contribution >= 4 is 19.9 Å². The first kappa shape index (κ1) is 15.7. The van der Waals surface area contributed by atoms with Crippen molar-refractivity contribution in [2.75, 3.05) is 11.6 Å². The minimum absolute atomic E-state index is 0.359. The Bertz CT molecular complexity index is 460. The van der Waals surface area contributed by atoms with Gasteiger partial charge in [-0.2, -0.15) is 0 Å². The van der Waals surface area contributed by atoms with Gasteiger partial charge in [-0.05, 0) is 36.7 Å². The van der Waals surface area contributed by atoms with Crippen molar-refractivity contribution in [1.82, 2.24) is 0 Å². The highest BCUT2D eigenvalue weighted by atomic mass is 28.3. The fourth-order valence-electron chi connectivity index (χ4n) is 1.50. The zero-order valence-corrected chi connectivity index (χ0v) is 12.9. The van der Waals surface area contributed by atoms with Gasteiger partial charge in [-0.15, -0.1) is 0 Å². The molecule has 0 unspecified atom stereocenters. The van der Waals surface area contributed by atoms with Gasteiger partial charge in [0.15, 0.2) is 0 Å². The molecule has 0 aromatic heterocycles. The maximum absolute atomic E-state index is 13.0. The average Bonchev–Trinajstić information content (AvgIpc) is 2.26. The quantitative estimate of drug-likeness (QED) is 0.399. The van der Waals surface area contributed by atoms with Gasteiger partial charge < -0.3 is 4.74 Å². The maximum atomic E-state index is 13.0. The Labute approximate surface area is 114 Å². The molecular formula is C13H21FN2O2Si. The molecule has 19 heavy (non-hydrogen) atoms. The first-order valence-electron chi connectivity index (χ1n) is 6.18. The number of hydrogen-bond acceptors (Lipinski definition) is 3. The molecule has 0 atom stereocenters. The highest BCUT2D eigenvalue weighted by Gasteiger charge is 2.18. The molecule has 0 spiro atoms. The molecule has 106 valence electrons. The average molecular weight is 284 g/mol. The van der Waals surface area contributed by atoms with Crippen LogP contribution in [0.1, 0.15) is 5.56 Å². The van der Waals surface area contributed by atoms with Gasteiger partial charge in [0.1, 0.15) is 5.82 Å². The summed E-state index contributed by atoms with van der Waals surface area (Å²) in [5, 5.41) is 0.916. The van der Waals surface area contributed by atoms with E-state index in [-0.39, 0.29) is 5.82 Å². The predicted octanol–water partition coefficient (Wildman–Crippen LogP) is 3.29. The third-order valence-electron chi connectivity index (χ3n) is 2.69. The zero-order valence-electron chi connectivity index (χ0n) is 11.9. The minimum Gasteiger partial charge on any atom is -0.449 e. The van der Waals surface area contributed by atoms with E-state index in [0.717, 1.165) is 11.1 Å². The van der Waals surface area contributed by atoms with Gasteiger partial charge in [-0.1, -0.05) is 19.6 Å². The second kappa shape index (κ2) is 6.16. The van der Waals surface area contributed by atoms with Crippen LogP contribution >= 0.6 is 0 Å². The van der Waals surface area contributed by atoms with Crippen LogP contribution in [0.5, 0.6) is 0 Å². The van der Waals surface area contributed by atoms with Crippen LogP contribution < -0.4 is 10.9 Å². The molecule has 1 amide bonds. The third-order valence-corrected chi connectivity index (χ3v) is 4.40. The van der Waals surface area contributed by atoms with Crippen molar-refractivity contribution in [1.29, 1.82) is 0 Å². The molecule has 0 radical (unpaired) electrons. The predicted molar refractivity (Wildman–Crippen MR) is 77.3 cm³/mol. The van der Waals surface area contributed by atoms with Crippen LogP contribution in [0.2, 0.25) is 25.7 Å². The lowest BCUT2D eigenvalue weighted by Crippen LogP contribution is -2.39. The Morgan fingerprint density at radius 3 is 2.58 bits per heavy atom. The van der Waals surface area contributed by atoms with E-state index < -0.39 is 14.2 Å². The summed E-state index contributed by atoms with van der Waals surface area (Å²) in [5.41, 5.74) is 1.03. The number of anilines is 1. The number of halogens is 1. The lowest BCUT2D eigenvalue weighted by molar-refractivity contribution is 0.159. The molecule has 0 aliphatic rings. The molecule has 1 aromatic carbocycles. The molecule has 0 bridgehead atoms. The van der Waals surface area contributed by atoms with E-state index in [2.05, 4.69) is 19.6 Å². The lowest BCUT2D eigenvalue weighted by atomic mass is 10.2. The van der Waals surface area contributed by atoms with Crippen LogP contribution in [0.15, 0.2) is 18.2 Å². The van der Waals surface area contributed by atoms with Gasteiger partial charge in [0.25, 0.3) is 0 Å². The summed E-state index contributed by atoms with van der Waals surface area (Å²) >= 11 is 0. The van der Waals surface area contributed by atoms with Gasteiger partial charge in [-0.3, -0.25) is 0 Å². The van der Waals surface area contributed by atoms with Crippen molar-refractivity contribution in [2.45, 2.75) is 32.6 Å². The summed E-state index contributed by atoms with van der Waals surface area (Å²) in [5.74, 6) is 5.33. The van der Waals surface area contributed by atoms with E-state index in [1.54, 1.807) is 6.92 Å². The van der Waals surface area contributed by atoms with Crippen molar-refractivity contribution in [3.8, 4) is 0 Å². The highest BCUT2D eigenvalue weighted by Crippen LogP contribution is 2.19. The minimum atomic E-state index is -1.24. The molecule has 4 nitrogen and oxygen atoms in total. The van der Waals surface area contributed by atoms with E-state index in [9.17, 15) is 9.18 Å². The zero-order chi connectivity index (χ0) is 14.6. The number of carbonyl (C=O) groups is 1. The summed E-state index contributed by atoms with van der Waals surface area (Å²) in [7, 11) is -1.24. The maximum Gasteiger partial charge on any atom is 0.428 e. The number of hydrazine groups is 1. The van der Waals surface area contributed by atoms with Crippen molar-refractivity contribution in [3.05, 3.63) is 29.6 Å². The second-order valence-corrected chi connectivity index (χ2v) is 11.3. The number of benzene rings is 1. The number of aryl methyl sites for hydroxylation is 1. The highest BCUT2D eigenvalue weighted by molar-refractivity contribution is 6.76. The van der Waals surface area contributed by atoms with Crippen molar-refractivity contribution < 1.29 is 13.9 Å². The Balaban J connectivity index is 2.62. The smallest absolute Gasteiger partial charge is 0.428 e.